The molecule has 0 bridgehead atoms. The van der Waals surface area contributed by atoms with Crippen molar-refractivity contribution in [2.75, 3.05) is 20.2 Å². The van der Waals surface area contributed by atoms with Crippen molar-refractivity contribution in [3.8, 4) is 0 Å². The van der Waals surface area contributed by atoms with E-state index >= 15 is 0 Å². The van der Waals surface area contributed by atoms with Crippen molar-refractivity contribution in [1.29, 1.82) is 0 Å². The van der Waals surface area contributed by atoms with E-state index in [1.165, 1.54) is 0 Å². The first-order valence-corrected chi connectivity index (χ1v) is 5.65. The highest BCUT2D eigenvalue weighted by Gasteiger charge is 1.93. The first-order chi connectivity index (χ1) is 8.04. The number of hydrogen-bond acceptors (Lipinski definition) is 4. The van der Waals surface area contributed by atoms with E-state index in [4.69, 9.17) is 20.7 Å². The SMILES string of the molecule is CC(=O)O.CCC(=O)NCCCCCN.CO. The summed E-state index contributed by atoms with van der Waals surface area (Å²) in [6.45, 7) is 4.49. The van der Waals surface area contributed by atoms with Crippen LogP contribution in [0.25, 0.3) is 0 Å². The molecule has 6 nitrogen and oxygen atoms in total. The Morgan fingerprint density at radius 1 is 1.18 bits per heavy atom. The normalized spacial score (nSPS) is 8.06. The van der Waals surface area contributed by atoms with Crippen molar-refractivity contribution in [3.05, 3.63) is 0 Å². The number of aliphatic carboxylic acids is 1. The van der Waals surface area contributed by atoms with Crippen molar-refractivity contribution in [2.45, 2.75) is 39.5 Å². The highest BCUT2D eigenvalue weighted by atomic mass is 16.4. The average Bonchev–Trinajstić information content (AvgIpc) is 2.30. The second-order valence-electron chi connectivity index (χ2n) is 3.07. The standard InChI is InChI=1S/C8H18N2O.C2H4O2.CH4O/c1-2-8(11)10-7-5-3-4-6-9;1-2(3)4;1-2/h2-7,9H2,1H3,(H,10,11);1H3,(H,3,4);2H,1H3. The summed E-state index contributed by atoms with van der Waals surface area (Å²) < 4.78 is 0. The molecule has 104 valence electrons. The van der Waals surface area contributed by atoms with Crippen LogP contribution in [0.4, 0.5) is 0 Å². The maximum absolute atomic E-state index is 10.7. The lowest BCUT2D eigenvalue weighted by Gasteiger charge is -2.01. The maximum atomic E-state index is 10.7. The fourth-order valence-corrected chi connectivity index (χ4v) is 0.799. The topological polar surface area (TPSA) is 113 Å². The predicted octanol–water partition coefficient (Wildman–Crippen LogP) is 0.341. The van der Waals surface area contributed by atoms with Crippen molar-refractivity contribution in [1.82, 2.24) is 5.32 Å². The lowest BCUT2D eigenvalue weighted by molar-refractivity contribution is -0.134. The molecule has 0 rings (SSSR count). The van der Waals surface area contributed by atoms with Gasteiger partial charge in [0.25, 0.3) is 5.97 Å². The Bertz CT molecular complexity index is 171. The summed E-state index contributed by atoms with van der Waals surface area (Å²) in [5.41, 5.74) is 5.31. The fourth-order valence-electron chi connectivity index (χ4n) is 0.799. The summed E-state index contributed by atoms with van der Waals surface area (Å²) in [4.78, 5) is 19.7. The summed E-state index contributed by atoms with van der Waals surface area (Å²) in [7, 11) is 1.00. The summed E-state index contributed by atoms with van der Waals surface area (Å²) in [6.07, 6.45) is 3.79. The third-order valence-corrected chi connectivity index (χ3v) is 1.52. The summed E-state index contributed by atoms with van der Waals surface area (Å²) in [6, 6.07) is 0. The van der Waals surface area contributed by atoms with Crippen LogP contribution >= 0.6 is 0 Å². The van der Waals surface area contributed by atoms with Crippen LogP contribution < -0.4 is 11.1 Å². The quantitative estimate of drug-likeness (QED) is 0.508. The molecule has 0 saturated carbocycles. The van der Waals surface area contributed by atoms with Gasteiger partial charge in [-0.3, -0.25) is 9.59 Å². The Labute approximate surface area is 103 Å². The van der Waals surface area contributed by atoms with E-state index in [9.17, 15) is 4.79 Å². The van der Waals surface area contributed by atoms with Crippen molar-refractivity contribution in [3.63, 3.8) is 0 Å². The molecule has 0 heterocycles. The van der Waals surface area contributed by atoms with E-state index in [1.807, 2.05) is 6.92 Å². The second kappa shape index (κ2) is 20.3. The minimum absolute atomic E-state index is 0.137. The largest absolute Gasteiger partial charge is 0.481 e. The molecular weight excluding hydrogens is 224 g/mol. The number of carboxylic acids is 1. The van der Waals surface area contributed by atoms with Crippen LogP contribution in [-0.4, -0.2) is 42.3 Å². The van der Waals surface area contributed by atoms with E-state index in [1.54, 1.807) is 0 Å². The van der Waals surface area contributed by atoms with Crippen LogP contribution in [0.1, 0.15) is 39.5 Å². The Morgan fingerprint density at radius 2 is 1.65 bits per heavy atom. The molecule has 0 aromatic heterocycles. The molecule has 0 unspecified atom stereocenters. The maximum Gasteiger partial charge on any atom is 0.300 e. The molecule has 0 spiro atoms. The highest BCUT2D eigenvalue weighted by Crippen LogP contribution is 1.90. The number of carbonyl (C=O) groups is 2. The van der Waals surface area contributed by atoms with Gasteiger partial charge in [0.05, 0.1) is 0 Å². The second-order valence-corrected chi connectivity index (χ2v) is 3.07. The van der Waals surface area contributed by atoms with Gasteiger partial charge in [0.2, 0.25) is 5.91 Å². The van der Waals surface area contributed by atoms with Crippen molar-refractivity contribution in [2.24, 2.45) is 5.73 Å². The Morgan fingerprint density at radius 3 is 2.00 bits per heavy atom. The molecule has 0 aromatic carbocycles. The number of aliphatic hydroxyl groups is 1. The van der Waals surface area contributed by atoms with Gasteiger partial charge in [-0.2, -0.15) is 0 Å². The third-order valence-electron chi connectivity index (χ3n) is 1.52. The molecule has 0 saturated heterocycles. The number of nitrogens with two attached hydrogens (primary N) is 1. The monoisotopic (exact) mass is 250 g/mol. The number of rotatable bonds is 6. The van der Waals surface area contributed by atoms with E-state index in [0.29, 0.717) is 6.42 Å². The van der Waals surface area contributed by atoms with Gasteiger partial charge in [-0.15, -0.1) is 0 Å². The van der Waals surface area contributed by atoms with Gasteiger partial charge in [0.1, 0.15) is 0 Å². The van der Waals surface area contributed by atoms with Gasteiger partial charge >= 0.3 is 0 Å². The molecule has 6 heteroatoms. The first kappa shape index (κ1) is 21.2. The number of carbonyl (C=O) groups excluding carboxylic acids is 1. The fraction of sp³-hybridized carbons (Fsp3) is 0.818. The molecule has 0 atom stereocenters. The molecule has 0 fully saturated rings. The van der Waals surface area contributed by atoms with E-state index < -0.39 is 5.97 Å². The molecule has 17 heavy (non-hydrogen) atoms. The van der Waals surface area contributed by atoms with E-state index in [0.717, 1.165) is 46.4 Å². The zero-order valence-electron chi connectivity index (χ0n) is 11.0. The van der Waals surface area contributed by atoms with E-state index in [-0.39, 0.29) is 5.91 Å². The van der Waals surface area contributed by atoms with Crippen LogP contribution in [0.3, 0.4) is 0 Å². The van der Waals surface area contributed by atoms with Gasteiger partial charge in [-0.25, -0.2) is 0 Å². The molecule has 0 aromatic rings. The molecule has 0 aliphatic rings. The number of aliphatic hydroxyl groups excluding tert-OH is 1. The predicted molar refractivity (Wildman–Crippen MR) is 67.7 cm³/mol. The summed E-state index contributed by atoms with van der Waals surface area (Å²) in [5, 5.41) is 17.2. The van der Waals surface area contributed by atoms with Crippen molar-refractivity contribution >= 4 is 11.9 Å². The zero-order valence-corrected chi connectivity index (χ0v) is 11.0. The van der Waals surface area contributed by atoms with Gasteiger partial charge in [-0.05, 0) is 19.4 Å². The van der Waals surface area contributed by atoms with Crippen LogP contribution in [-0.2, 0) is 9.59 Å². The number of nitrogens with one attached hydrogen (secondary N) is 1. The van der Waals surface area contributed by atoms with Gasteiger partial charge < -0.3 is 21.3 Å². The first-order valence-electron chi connectivity index (χ1n) is 5.65. The lowest BCUT2D eigenvalue weighted by atomic mass is 10.2. The van der Waals surface area contributed by atoms with Gasteiger partial charge in [0, 0.05) is 27.0 Å². The Hall–Kier alpha value is -1.14. The minimum atomic E-state index is -0.833. The molecule has 1 amide bonds. The van der Waals surface area contributed by atoms with Gasteiger partial charge in [0.15, 0.2) is 0 Å². The Kier molecular flexibility index (Phi) is 25.3. The number of unbranched alkanes of at least 4 members (excludes halogenated alkanes) is 2. The number of amides is 1. The minimum Gasteiger partial charge on any atom is -0.481 e. The van der Waals surface area contributed by atoms with Gasteiger partial charge in [-0.1, -0.05) is 13.3 Å². The van der Waals surface area contributed by atoms with Crippen molar-refractivity contribution < 1.29 is 19.8 Å². The highest BCUT2D eigenvalue weighted by molar-refractivity contribution is 5.75. The number of carboxylic acid groups (broad SMARTS) is 1. The lowest BCUT2D eigenvalue weighted by Crippen LogP contribution is -2.23. The van der Waals surface area contributed by atoms with Crippen LogP contribution in [0.2, 0.25) is 0 Å². The summed E-state index contributed by atoms with van der Waals surface area (Å²) >= 11 is 0. The van der Waals surface area contributed by atoms with Crippen LogP contribution in [0.15, 0.2) is 0 Å². The van der Waals surface area contributed by atoms with Crippen LogP contribution in [0, 0.1) is 0 Å². The zero-order chi connectivity index (χ0) is 14.1. The molecule has 5 N–H and O–H groups in total. The smallest absolute Gasteiger partial charge is 0.300 e. The van der Waals surface area contributed by atoms with Crippen LogP contribution in [0.5, 0.6) is 0 Å². The third kappa shape index (κ3) is 39.8. The average molecular weight is 250 g/mol. The molecule has 0 radical (unpaired) electrons. The van der Waals surface area contributed by atoms with E-state index in [2.05, 4.69) is 5.32 Å². The molecule has 0 aliphatic carbocycles. The number of hydrogen-bond donors (Lipinski definition) is 4. The Balaban J connectivity index is -0.000000275. The molecule has 0 aliphatic heterocycles. The molecular formula is C11H26N2O4. The summed E-state index contributed by atoms with van der Waals surface area (Å²) in [5.74, 6) is -0.697.